The molecule has 1 unspecified atom stereocenters. The molecule has 0 bridgehead atoms. The number of carbonyl (C=O) groups is 5. The Morgan fingerprint density at radius 2 is 2.00 bits per heavy atom. The zero-order chi connectivity index (χ0) is 15.3. The summed E-state index contributed by atoms with van der Waals surface area (Å²) in [4.78, 5) is 56.9. The van der Waals surface area contributed by atoms with E-state index in [9.17, 15) is 24.0 Å². The number of carboxylic acid groups (broad SMARTS) is 1. The monoisotopic (exact) mass is 285 g/mol. The number of aliphatic carboxylic acids is 1. The molecule has 1 aliphatic heterocycles. The van der Waals surface area contributed by atoms with Crippen molar-refractivity contribution in [2.45, 2.75) is 32.2 Å². The van der Waals surface area contributed by atoms with E-state index in [0.29, 0.717) is 0 Å². The van der Waals surface area contributed by atoms with Crippen molar-refractivity contribution in [3.8, 4) is 0 Å². The van der Waals surface area contributed by atoms with Gasteiger partial charge in [0.25, 0.3) is 0 Å². The van der Waals surface area contributed by atoms with Crippen LogP contribution in [-0.4, -0.2) is 52.3 Å². The SMILES string of the molecule is CC1C(=O)NC(=O)CN1C(=O)NC(=O)CCCC(=O)O. The first-order chi connectivity index (χ1) is 9.31. The van der Waals surface area contributed by atoms with Gasteiger partial charge in [-0.15, -0.1) is 0 Å². The maximum absolute atomic E-state index is 11.8. The zero-order valence-electron chi connectivity index (χ0n) is 10.8. The quantitative estimate of drug-likeness (QED) is 0.557. The number of amides is 5. The lowest BCUT2D eigenvalue weighted by molar-refractivity contribution is -0.139. The van der Waals surface area contributed by atoms with Crippen LogP contribution in [0, 0.1) is 0 Å². The normalized spacial score (nSPS) is 18.4. The standard InChI is InChI=1S/C11H15N3O6/c1-6-10(19)12-8(16)5-14(6)11(20)13-7(15)3-2-4-9(17)18/h6H,2-5H2,1H3,(H,17,18)(H,12,16,19)(H,13,15,20). The molecule has 9 nitrogen and oxygen atoms in total. The fourth-order valence-electron chi connectivity index (χ4n) is 1.62. The van der Waals surface area contributed by atoms with Crippen molar-refractivity contribution in [1.29, 1.82) is 0 Å². The van der Waals surface area contributed by atoms with Gasteiger partial charge in [0.2, 0.25) is 17.7 Å². The highest BCUT2D eigenvalue weighted by Crippen LogP contribution is 2.05. The van der Waals surface area contributed by atoms with E-state index in [-0.39, 0.29) is 25.8 Å². The Balaban J connectivity index is 2.48. The van der Waals surface area contributed by atoms with Crippen LogP contribution in [0.4, 0.5) is 4.79 Å². The summed E-state index contributed by atoms with van der Waals surface area (Å²) in [5.74, 6) is -2.92. The third-order valence-corrected chi connectivity index (χ3v) is 2.73. The Kier molecular flexibility index (Phi) is 5.18. The number of carboxylic acids is 1. The second-order valence-corrected chi connectivity index (χ2v) is 4.32. The molecule has 9 heteroatoms. The first-order valence-corrected chi connectivity index (χ1v) is 5.97. The minimum atomic E-state index is -1.03. The lowest BCUT2D eigenvalue weighted by Crippen LogP contribution is -2.61. The summed E-state index contributed by atoms with van der Waals surface area (Å²) in [6.07, 6.45) is -0.202. The maximum Gasteiger partial charge on any atom is 0.325 e. The van der Waals surface area contributed by atoms with Crippen LogP contribution in [0.15, 0.2) is 0 Å². The number of hydrogen-bond donors (Lipinski definition) is 3. The van der Waals surface area contributed by atoms with Crippen LogP contribution in [0.1, 0.15) is 26.2 Å². The number of rotatable bonds is 4. The summed E-state index contributed by atoms with van der Waals surface area (Å²) < 4.78 is 0. The number of nitrogens with zero attached hydrogens (tertiary/aromatic N) is 1. The van der Waals surface area contributed by atoms with Crippen molar-refractivity contribution < 1.29 is 29.1 Å². The maximum atomic E-state index is 11.8. The van der Waals surface area contributed by atoms with Gasteiger partial charge in [-0.1, -0.05) is 0 Å². The average Bonchev–Trinajstić information content (AvgIpc) is 2.32. The second-order valence-electron chi connectivity index (χ2n) is 4.32. The van der Waals surface area contributed by atoms with Crippen LogP contribution in [0.3, 0.4) is 0 Å². The molecule has 1 atom stereocenters. The molecular weight excluding hydrogens is 270 g/mol. The van der Waals surface area contributed by atoms with Gasteiger partial charge in [-0.05, 0) is 13.3 Å². The minimum Gasteiger partial charge on any atom is -0.481 e. The molecule has 0 saturated carbocycles. The number of hydrogen-bond acceptors (Lipinski definition) is 5. The van der Waals surface area contributed by atoms with Gasteiger partial charge in [0, 0.05) is 12.8 Å². The predicted molar refractivity (Wildman–Crippen MR) is 64.3 cm³/mol. The van der Waals surface area contributed by atoms with Crippen molar-refractivity contribution >= 4 is 29.7 Å². The Bertz CT molecular complexity index is 461. The molecule has 0 aliphatic carbocycles. The van der Waals surface area contributed by atoms with Crippen molar-refractivity contribution in [2.75, 3.05) is 6.54 Å². The fraction of sp³-hybridized carbons (Fsp3) is 0.545. The first kappa shape index (κ1) is 15.6. The van der Waals surface area contributed by atoms with Gasteiger partial charge in [-0.2, -0.15) is 0 Å². The van der Waals surface area contributed by atoms with Gasteiger partial charge in [0.05, 0.1) is 0 Å². The van der Waals surface area contributed by atoms with E-state index in [2.05, 4.69) is 5.32 Å². The summed E-state index contributed by atoms with van der Waals surface area (Å²) in [5.41, 5.74) is 0. The molecule has 110 valence electrons. The second kappa shape index (κ2) is 6.64. The molecule has 0 radical (unpaired) electrons. The molecule has 0 spiro atoms. The van der Waals surface area contributed by atoms with E-state index in [0.717, 1.165) is 4.90 Å². The van der Waals surface area contributed by atoms with Gasteiger partial charge < -0.3 is 10.0 Å². The molecule has 20 heavy (non-hydrogen) atoms. The predicted octanol–water partition coefficient (Wildman–Crippen LogP) is -1.18. The number of piperazine rings is 1. The molecule has 1 heterocycles. The van der Waals surface area contributed by atoms with E-state index in [1.807, 2.05) is 5.32 Å². The lowest BCUT2D eigenvalue weighted by atomic mass is 10.2. The van der Waals surface area contributed by atoms with Gasteiger partial charge in [-0.3, -0.25) is 29.8 Å². The Labute approximate surface area is 114 Å². The molecule has 3 N–H and O–H groups in total. The van der Waals surface area contributed by atoms with Crippen LogP contribution >= 0.6 is 0 Å². The molecule has 0 aromatic carbocycles. The van der Waals surface area contributed by atoms with Crippen LogP contribution in [0.5, 0.6) is 0 Å². The molecule has 1 fully saturated rings. The van der Waals surface area contributed by atoms with Crippen molar-refractivity contribution in [3.05, 3.63) is 0 Å². The van der Waals surface area contributed by atoms with Crippen molar-refractivity contribution in [1.82, 2.24) is 15.5 Å². The van der Waals surface area contributed by atoms with Gasteiger partial charge in [0.15, 0.2) is 0 Å². The largest absolute Gasteiger partial charge is 0.481 e. The lowest BCUT2D eigenvalue weighted by Gasteiger charge is -2.31. The Morgan fingerprint density at radius 1 is 1.35 bits per heavy atom. The molecule has 1 aliphatic rings. The van der Waals surface area contributed by atoms with Gasteiger partial charge >= 0.3 is 12.0 Å². The van der Waals surface area contributed by atoms with Crippen LogP contribution in [-0.2, 0) is 19.2 Å². The molecule has 5 amide bonds. The highest BCUT2D eigenvalue weighted by molar-refractivity contribution is 6.05. The third-order valence-electron chi connectivity index (χ3n) is 2.73. The van der Waals surface area contributed by atoms with Crippen LogP contribution < -0.4 is 10.6 Å². The van der Waals surface area contributed by atoms with Gasteiger partial charge in [-0.25, -0.2) is 4.79 Å². The van der Waals surface area contributed by atoms with E-state index in [1.54, 1.807) is 0 Å². The first-order valence-electron chi connectivity index (χ1n) is 5.97. The van der Waals surface area contributed by atoms with E-state index >= 15 is 0 Å². The van der Waals surface area contributed by atoms with Gasteiger partial charge in [0.1, 0.15) is 12.6 Å². The molecule has 1 saturated heterocycles. The Hall–Kier alpha value is -2.45. The zero-order valence-corrected chi connectivity index (χ0v) is 10.8. The molecule has 1 rings (SSSR count). The number of imide groups is 2. The summed E-state index contributed by atoms with van der Waals surface area (Å²) >= 11 is 0. The highest BCUT2D eigenvalue weighted by Gasteiger charge is 2.34. The minimum absolute atomic E-state index is 0.101. The summed E-state index contributed by atoms with van der Waals surface area (Å²) in [5, 5.41) is 12.5. The fourth-order valence-corrected chi connectivity index (χ4v) is 1.62. The smallest absolute Gasteiger partial charge is 0.325 e. The van der Waals surface area contributed by atoms with Crippen LogP contribution in [0.2, 0.25) is 0 Å². The summed E-state index contributed by atoms with van der Waals surface area (Å²) in [6, 6.07) is -1.71. The number of urea groups is 1. The number of carbonyl (C=O) groups excluding carboxylic acids is 4. The number of nitrogens with one attached hydrogen (secondary N) is 2. The van der Waals surface area contributed by atoms with Crippen molar-refractivity contribution in [2.24, 2.45) is 0 Å². The topological polar surface area (TPSA) is 133 Å². The highest BCUT2D eigenvalue weighted by atomic mass is 16.4. The van der Waals surface area contributed by atoms with Crippen LogP contribution in [0.25, 0.3) is 0 Å². The molecular formula is C11H15N3O6. The molecule has 0 aromatic rings. The van der Waals surface area contributed by atoms with Crippen molar-refractivity contribution in [3.63, 3.8) is 0 Å². The Morgan fingerprint density at radius 3 is 2.60 bits per heavy atom. The average molecular weight is 285 g/mol. The van der Waals surface area contributed by atoms with E-state index in [1.165, 1.54) is 6.92 Å². The van der Waals surface area contributed by atoms with E-state index < -0.39 is 35.8 Å². The summed E-state index contributed by atoms with van der Waals surface area (Å²) in [6.45, 7) is 1.11. The third kappa shape index (κ3) is 4.34. The summed E-state index contributed by atoms with van der Waals surface area (Å²) in [7, 11) is 0. The molecule has 0 aromatic heterocycles. The van der Waals surface area contributed by atoms with E-state index in [4.69, 9.17) is 5.11 Å².